The average molecular weight is 350 g/mol. The highest BCUT2D eigenvalue weighted by molar-refractivity contribution is 14.1. The summed E-state index contributed by atoms with van der Waals surface area (Å²) < 4.78 is 0.840. The van der Waals surface area contributed by atoms with Gasteiger partial charge >= 0.3 is 0 Å². The minimum atomic E-state index is 0.499. The van der Waals surface area contributed by atoms with Crippen LogP contribution in [0, 0.1) is 0 Å². The summed E-state index contributed by atoms with van der Waals surface area (Å²) >= 11 is 2.56. The van der Waals surface area contributed by atoms with Crippen molar-refractivity contribution >= 4 is 22.6 Å². The monoisotopic (exact) mass is 350 g/mol. The van der Waals surface area contributed by atoms with Crippen LogP contribution in [0.4, 0.5) is 0 Å². The highest BCUT2D eigenvalue weighted by atomic mass is 127. The quantitative estimate of drug-likeness (QED) is 0.641. The third-order valence-corrected chi connectivity index (χ3v) is 4.52. The van der Waals surface area contributed by atoms with Crippen molar-refractivity contribution in [2.75, 3.05) is 13.1 Å². The number of likely N-dealkylation sites (tertiary alicyclic amines) is 1. The molecule has 2 aromatic rings. The molecule has 1 fully saturated rings. The predicted molar refractivity (Wildman–Crippen MR) is 83.2 cm³/mol. The van der Waals surface area contributed by atoms with Crippen LogP contribution in [-0.4, -0.2) is 17.0 Å². The highest BCUT2D eigenvalue weighted by Crippen LogP contribution is 2.21. The van der Waals surface area contributed by atoms with E-state index in [1.54, 1.807) is 4.90 Å². The van der Waals surface area contributed by atoms with Crippen molar-refractivity contribution < 1.29 is 4.90 Å². The number of hydrogen-bond donors (Lipinski definition) is 1. The normalized spacial score (nSPS) is 22.8. The van der Waals surface area contributed by atoms with E-state index in [1.165, 1.54) is 24.2 Å². The molecule has 1 nitrogen and oxygen atoms in total. The molecule has 0 aliphatic carbocycles. The van der Waals surface area contributed by atoms with E-state index in [0.29, 0.717) is 6.04 Å². The number of rotatable bonds is 3. The van der Waals surface area contributed by atoms with Gasteiger partial charge in [-0.05, 0) is 0 Å². The summed E-state index contributed by atoms with van der Waals surface area (Å²) in [6, 6.07) is 22.3. The molecule has 18 heavy (non-hydrogen) atoms. The van der Waals surface area contributed by atoms with E-state index in [-0.39, 0.29) is 0 Å². The zero-order valence-corrected chi connectivity index (χ0v) is 12.4. The molecule has 0 radical (unpaired) electrons. The molecule has 1 heterocycles. The Morgan fingerprint density at radius 3 is 1.67 bits per heavy atom. The molecular formula is C16H17IN+. The fraction of sp³-hybridized carbons (Fsp3) is 0.250. The van der Waals surface area contributed by atoms with Crippen LogP contribution >= 0.6 is 22.6 Å². The predicted octanol–water partition coefficient (Wildman–Crippen LogP) is 2.48. The zero-order valence-electron chi connectivity index (χ0n) is 10.2. The number of alkyl halides is 1. The van der Waals surface area contributed by atoms with Crippen molar-refractivity contribution in [1.82, 2.24) is 0 Å². The van der Waals surface area contributed by atoms with Gasteiger partial charge in [0.2, 0.25) is 0 Å². The number of halogens is 1. The van der Waals surface area contributed by atoms with E-state index in [0.717, 1.165) is 3.92 Å². The summed E-state index contributed by atoms with van der Waals surface area (Å²) in [5, 5.41) is 0. The second-order valence-electron chi connectivity index (χ2n) is 4.92. The first-order valence-electron chi connectivity index (χ1n) is 6.43. The lowest BCUT2D eigenvalue weighted by Gasteiger charge is -2.38. The van der Waals surface area contributed by atoms with Crippen LogP contribution < -0.4 is 4.90 Å². The molecule has 3 rings (SSSR count). The lowest BCUT2D eigenvalue weighted by atomic mass is 9.94. The second kappa shape index (κ2) is 5.41. The van der Waals surface area contributed by atoms with Crippen LogP contribution in [0.15, 0.2) is 60.7 Å². The summed E-state index contributed by atoms with van der Waals surface area (Å²) in [7, 11) is 0. The van der Waals surface area contributed by atoms with E-state index in [9.17, 15) is 0 Å². The van der Waals surface area contributed by atoms with Gasteiger partial charge in [0.05, 0.1) is 13.1 Å². The van der Waals surface area contributed by atoms with Crippen LogP contribution in [0.25, 0.3) is 0 Å². The Bertz CT molecular complexity index is 452. The van der Waals surface area contributed by atoms with E-state index < -0.39 is 0 Å². The fourth-order valence-corrected chi connectivity index (χ4v) is 3.83. The van der Waals surface area contributed by atoms with Crippen LogP contribution in [0.2, 0.25) is 0 Å². The Kier molecular flexibility index (Phi) is 3.66. The van der Waals surface area contributed by atoms with Crippen molar-refractivity contribution in [2.24, 2.45) is 0 Å². The molecule has 0 saturated carbocycles. The summed E-state index contributed by atoms with van der Waals surface area (Å²) in [4.78, 5) is 1.69. The van der Waals surface area contributed by atoms with Crippen LogP contribution in [0.1, 0.15) is 17.2 Å². The summed E-state index contributed by atoms with van der Waals surface area (Å²) in [6.07, 6.45) is 0. The van der Waals surface area contributed by atoms with Crippen molar-refractivity contribution in [1.29, 1.82) is 0 Å². The summed E-state index contributed by atoms with van der Waals surface area (Å²) in [5.41, 5.74) is 2.86. The second-order valence-corrected chi connectivity index (χ2v) is 6.68. The molecule has 2 aromatic carbocycles. The van der Waals surface area contributed by atoms with Gasteiger partial charge in [-0.2, -0.15) is 0 Å². The SMILES string of the molecule is IC1C[NH+](C(c2ccccc2)c2ccccc2)C1. The van der Waals surface area contributed by atoms with Gasteiger partial charge in [0.25, 0.3) is 0 Å². The van der Waals surface area contributed by atoms with Gasteiger partial charge in [0.1, 0.15) is 9.97 Å². The average Bonchev–Trinajstić information content (AvgIpc) is 2.40. The number of benzene rings is 2. The first-order chi connectivity index (χ1) is 8.84. The third kappa shape index (κ3) is 2.45. The number of hydrogen-bond acceptors (Lipinski definition) is 0. The Hall–Kier alpha value is -0.870. The van der Waals surface area contributed by atoms with Crippen molar-refractivity contribution in [3.63, 3.8) is 0 Å². The van der Waals surface area contributed by atoms with Gasteiger partial charge in [0.15, 0.2) is 0 Å². The van der Waals surface area contributed by atoms with Crippen LogP contribution in [0.3, 0.4) is 0 Å². The maximum Gasteiger partial charge on any atom is 0.139 e. The number of nitrogens with one attached hydrogen (secondary N) is 1. The molecule has 0 spiro atoms. The number of quaternary nitrogens is 1. The van der Waals surface area contributed by atoms with E-state index in [2.05, 4.69) is 83.3 Å². The standard InChI is InChI=1S/C16H16IN/c17-15-11-18(12-15)16(13-7-3-1-4-8-13)14-9-5-2-6-10-14/h1-10,15-16H,11-12H2/p+1. The van der Waals surface area contributed by atoms with Gasteiger partial charge in [-0.3, -0.25) is 0 Å². The summed E-state index contributed by atoms with van der Waals surface area (Å²) in [5.74, 6) is 0. The maximum atomic E-state index is 2.56. The molecule has 0 bridgehead atoms. The van der Waals surface area contributed by atoms with E-state index in [1.807, 2.05) is 0 Å². The molecule has 0 atom stereocenters. The molecule has 1 saturated heterocycles. The molecule has 1 N–H and O–H groups in total. The molecule has 1 aliphatic heterocycles. The van der Waals surface area contributed by atoms with Gasteiger partial charge in [-0.15, -0.1) is 0 Å². The lowest BCUT2D eigenvalue weighted by molar-refractivity contribution is -0.959. The van der Waals surface area contributed by atoms with E-state index in [4.69, 9.17) is 0 Å². The van der Waals surface area contributed by atoms with Crippen molar-refractivity contribution in [3.05, 3.63) is 71.8 Å². The van der Waals surface area contributed by atoms with Gasteiger partial charge < -0.3 is 4.90 Å². The van der Waals surface area contributed by atoms with Crippen LogP contribution in [0.5, 0.6) is 0 Å². The first kappa shape index (κ1) is 12.2. The zero-order chi connectivity index (χ0) is 12.4. The molecule has 1 aliphatic rings. The largest absolute Gasteiger partial charge is 0.323 e. The molecule has 92 valence electrons. The molecular weight excluding hydrogens is 333 g/mol. The molecule has 0 aromatic heterocycles. The lowest BCUT2D eigenvalue weighted by Crippen LogP contribution is -3.21. The minimum Gasteiger partial charge on any atom is -0.323 e. The van der Waals surface area contributed by atoms with Crippen molar-refractivity contribution in [2.45, 2.75) is 9.97 Å². The Morgan fingerprint density at radius 2 is 1.28 bits per heavy atom. The topological polar surface area (TPSA) is 4.44 Å². The smallest absolute Gasteiger partial charge is 0.139 e. The highest BCUT2D eigenvalue weighted by Gasteiger charge is 2.36. The molecule has 0 amide bonds. The fourth-order valence-electron chi connectivity index (χ4n) is 2.70. The minimum absolute atomic E-state index is 0.499. The van der Waals surface area contributed by atoms with Gasteiger partial charge in [-0.1, -0.05) is 83.3 Å². The Morgan fingerprint density at radius 1 is 0.833 bits per heavy atom. The first-order valence-corrected chi connectivity index (χ1v) is 7.67. The van der Waals surface area contributed by atoms with Crippen LogP contribution in [-0.2, 0) is 0 Å². The Balaban J connectivity index is 1.94. The maximum absolute atomic E-state index is 2.56. The van der Waals surface area contributed by atoms with Crippen molar-refractivity contribution in [3.8, 4) is 0 Å². The molecule has 2 heteroatoms. The van der Waals surface area contributed by atoms with Gasteiger partial charge in [-0.25, -0.2) is 0 Å². The third-order valence-electron chi connectivity index (χ3n) is 3.64. The Labute approximate surface area is 122 Å². The summed E-state index contributed by atoms with van der Waals surface area (Å²) in [6.45, 7) is 2.55. The van der Waals surface area contributed by atoms with E-state index >= 15 is 0 Å². The van der Waals surface area contributed by atoms with Gasteiger partial charge in [0, 0.05) is 11.1 Å². The molecule has 0 unspecified atom stereocenters.